The van der Waals surface area contributed by atoms with Crippen molar-refractivity contribution in [3.8, 4) is 11.5 Å². The summed E-state index contributed by atoms with van der Waals surface area (Å²) in [5, 5.41) is 14.7. The van der Waals surface area contributed by atoms with Crippen molar-refractivity contribution in [2.45, 2.75) is 13.5 Å². The van der Waals surface area contributed by atoms with Gasteiger partial charge in [-0.25, -0.2) is 5.43 Å². The third kappa shape index (κ3) is 6.04. The zero-order chi connectivity index (χ0) is 22.2. The molecule has 0 aliphatic carbocycles. The first-order valence-corrected chi connectivity index (χ1v) is 10.2. The number of carbonyl (C=O) groups excluding carboxylic acids is 1. The van der Waals surface area contributed by atoms with Crippen LogP contribution in [-0.4, -0.2) is 23.7 Å². The number of amides is 1. The molecule has 0 saturated carbocycles. The molecule has 0 saturated heterocycles. The van der Waals surface area contributed by atoms with Gasteiger partial charge in [0.1, 0.15) is 6.61 Å². The van der Waals surface area contributed by atoms with Crippen molar-refractivity contribution in [2.24, 2.45) is 5.10 Å². The molecule has 1 heterocycles. The van der Waals surface area contributed by atoms with Crippen LogP contribution in [0.15, 0.2) is 64.3 Å². The smallest absolute Gasteiger partial charge is 0.307 e. The van der Waals surface area contributed by atoms with Crippen LogP contribution in [0.5, 0.6) is 11.5 Å². The van der Waals surface area contributed by atoms with Crippen molar-refractivity contribution in [3.05, 3.63) is 85.4 Å². The van der Waals surface area contributed by atoms with E-state index in [1.165, 1.54) is 30.7 Å². The summed E-state index contributed by atoms with van der Waals surface area (Å²) >= 11 is 2.12. The van der Waals surface area contributed by atoms with E-state index in [9.17, 15) is 14.9 Å². The Hall–Kier alpha value is -3.41. The second kappa shape index (κ2) is 10.6. The monoisotopic (exact) mass is 535 g/mol. The molecule has 2 aromatic carbocycles. The summed E-state index contributed by atoms with van der Waals surface area (Å²) < 4.78 is 17.4. The van der Waals surface area contributed by atoms with Gasteiger partial charge in [-0.15, -0.1) is 0 Å². The molecule has 0 atom stereocenters. The third-order valence-corrected chi connectivity index (χ3v) is 4.79. The summed E-state index contributed by atoms with van der Waals surface area (Å²) in [6.45, 7) is 2.51. The van der Waals surface area contributed by atoms with E-state index in [1.54, 1.807) is 24.3 Å². The lowest BCUT2D eigenvalue weighted by Crippen LogP contribution is -2.16. The van der Waals surface area contributed by atoms with Crippen LogP contribution in [0.3, 0.4) is 0 Å². The van der Waals surface area contributed by atoms with Gasteiger partial charge >= 0.3 is 5.91 Å². The quantitative estimate of drug-likeness (QED) is 0.186. The summed E-state index contributed by atoms with van der Waals surface area (Å²) in [6, 6.07) is 12.9. The molecule has 1 amide bonds. The minimum Gasteiger partial charge on any atom is -0.490 e. The molecule has 0 radical (unpaired) electrons. The number of hydrogen-bond donors (Lipinski definition) is 1. The number of ether oxygens (including phenoxy) is 2. The number of furan rings is 1. The van der Waals surface area contributed by atoms with Crippen LogP contribution in [-0.2, 0) is 6.61 Å². The van der Waals surface area contributed by atoms with Gasteiger partial charge in [-0.05, 0) is 77.0 Å². The zero-order valence-electron chi connectivity index (χ0n) is 16.4. The molecule has 9 nitrogen and oxygen atoms in total. The van der Waals surface area contributed by atoms with Crippen LogP contribution < -0.4 is 14.9 Å². The Kier molecular flexibility index (Phi) is 7.60. The topological polar surface area (TPSA) is 116 Å². The number of carbonyl (C=O) groups is 1. The van der Waals surface area contributed by atoms with Gasteiger partial charge in [-0.2, -0.15) is 5.10 Å². The highest BCUT2D eigenvalue weighted by molar-refractivity contribution is 14.1. The Bertz CT molecular complexity index is 1080. The lowest BCUT2D eigenvalue weighted by atomic mass is 10.2. The number of nitro groups is 1. The molecular formula is C21H18IN3O6. The van der Waals surface area contributed by atoms with Crippen LogP contribution in [0, 0.1) is 13.7 Å². The van der Waals surface area contributed by atoms with Crippen LogP contribution in [0.1, 0.15) is 28.6 Å². The minimum atomic E-state index is -0.455. The highest BCUT2D eigenvalue weighted by atomic mass is 127. The van der Waals surface area contributed by atoms with Crippen LogP contribution >= 0.6 is 22.6 Å². The van der Waals surface area contributed by atoms with Gasteiger partial charge in [0.25, 0.3) is 5.69 Å². The van der Waals surface area contributed by atoms with Gasteiger partial charge in [0, 0.05) is 12.1 Å². The first-order chi connectivity index (χ1) is 15.0. The van der Waals surface area contributed by atoms with Crippen molar-refractivity contribution < 1.29 is 23.6 Å². The maximum absolute atomic E-state index is 11.9. The van der Waals surface area contributed by atoms with Crippen molar-refractivity contribution in [1.82, 2.24) is 5.43 Å². The van der Waals surface area contributed by atoms with Gasteiger partial charge in [-0.3, -0.25) is 14.9 Å². The van der Waals surface area contributed by atoms with Gasteiger partial charge in [0.15, 0.2) is 17.3 Å². The molecule has 1 N–H and O–H groups in total. The fourth-order valence-corrected chi connectivity index (χ4v) is 3.34. The Morgan fingerprint density at radius 2 is 2.03 bits per heavy atom. The maximum atomic E-state index is 11.9. The molecule has 10 heteroatoms. The second-order valence-electron chi connectivity index (χ2n) is 6.15. The van der Waals surface area contributed by atoms with Crippen molar-refractivity contribution in [1.29, 1.82) is 0 Å². The average Bonchev–Trinajstić information content (AvgIpc) is 3.29. The lowest BCUT2D eigenvalue weighted by Gasteiger charge is -2.14. The fraction of sp³-hybridized carbons (Fsp3) is 0.143. The lowest BCUT2D eigenvalue weighted by molar-refractivity contribution is -0.384. The molecule has 160 valence electrons. The summed E-state index contributed by atoms with van der Waals surface area (Å²) in [5.41, 5.74) is 3.91. The summed E-state index contributed by atoms with van der Waals surface area (Å²) in [6.07, 6.45) is 2.90. The van der Waals surface area contributed by atoms with Gasteiger partial charge < -0.3 is 13.9 Å². The molecule has 3 rings (SSSR count). The molecule has 0 bridgehead atoms. The predicted molar refractivity (Wildman–Crippen MR) is 122 cm³/mol. The van der Waals surface area contributed by atoms with Gasteiger partial charge in [0.05, 0.1) is 27.6 Å². The Morgan fingerprint density at radius 3 is 2.68 bits per heavy atom. The van der Waals surface area contributed by atoms with E-state index in [2.05, 4.69) is 33.1 Å². The second-order valence-corrected chi connectivity index (χ2v) is 7.31. The maximum Gasteiger partial charge on any atom is 0.307 e. The molecule has 0 fully saturated rings. The molecule has 3 aromatic rings. The zero-order valence-corrected chi connectivity index (χ0v) is 18.6. The number of hydrazone groups is 1. The Labute approximate surface area is 191 Å². The summed E-state index contributed by atoms with van der Waals surface area (Å²) in [5.74, 6) is 0.786. The molecule has 0 unspecified atom stereocenters. The molecule has 31 heavy (non-hydrogen) atoms. The van der Waals surface area contributed by atoms with Crippen molar-refractivity contribution >= 4 is 40.4 Å². The summed E-state index contributed by atoms with van der Waals surface area (Å²) in [4.78, 5) is 22.2. The van der Waals surface area contributed by atoms with Crippen LogP contribution in [0.4, 0.5) is 5.69 Å². The molecule has 0 aliphatic rings. The molecule has 0 aliphatic heterocycles. The highest BCUT2D eigenvalue weighted by Crippen LogP contribution is 2.34. The van der Waals surface area contributed by atoms with Crippen molar-refractivity contribution in [2.75, 3.05) is 6.61 Å². The first-order valence-electron chi connectivity index (χ1n) is 9.17. The summed E-state index contributed by atoms with van der Waals surface area (Å²) in [7, 11) is 0. The normalized spacial score (nSPS) is 10.8. The number of hydrogen-bond acceptors (Lipinski definition) is 7. The number of nitrogens with zero attached hydrogens (tertiary/aromatic N) is 2. The molecule has 0 spiro atoms. The van der Waals surface area contributed by atoms with E-state index in [-0.39, 0.29) is 18.1 Å². The van der Waals surface area contributed by atoms with Gasteiger partial charge in [-0.1, -0.05) is 0 Å². The number of benzene rings is 2. The van der Waals surface area contributed by atoms with E-state index >= 15 is 0 Å². The first kappa shape index (κ1) is 22.3. The number of nitro benzene ring substituents is 1. The number of halogens is 1. The standard InChI is InChI=1S/C21H18IN3O6/c1-2-29-19-11-15(12-23-24-21(26)18-4-3-9-30-18)10-17(22)20(19)31-13-14-5-7-16(8-6-14)25(27)28/h3-12H,2,13H2,1H3,(H,24,26)/b23-12-. The third-order valence-electron chi connectivity index (χ3n) is 3.99. The van der Waals surface area contributed by atoms with Crippen LogP contribution in [0.2, 0.25) is 0 Å². The number of non-ortho nitro benzene ring substituents is 1. The van der Waals surface area contributed by atoms with E-state index in [0.29, 0.717) is 23.7 Å². The minimum absolute atomic E-state index is 0.0242. The van der Waals surface area contributed by atoms with E-state index in [1.807, 2.05) is 13.0 Å². The SMILES string of the molecule is CCOc1cc(/C=N\NC(=O)c2ccco2)cc(I)c1OCc1ccc([N+](=O)[O-])cc1. The Balaban J connectivity index is 1.71. The Morgan fingerprint density at radius 1 is 1.26 bits per heavy atom. The van der Waals surface area contributed by atoms with E-state index in [0.717, 1.165) is 9.13 Å². The number of rotatable bonds is 9. The fourth-order valence-electron chi connectivity index (χ4n) is 2.56. The van der Waals surface area contributed by atoms with E-state index in [4.69, 9.17) is 13.9 Å². The average molecular weight is 535 g/mol. The predicted octanol–water partition coefficient (Wildman–Crippen LogP) is 4.53. The van der Waals surface area contributed by atoms with Gasteiger partial charge in [0.2, 0.25) is 0 Å². The number of nitrogens with one attached hydrogen (secondary N) is 1. The molecular weight excluding hydrogens is 517 g/mol. The molecule has 1 aromatic heterocycles. The van der Waals surface area contributed by atoms with Crippen molar-refractivity contribution in [3.63, 3.8) is 0 Å². The highest BCUT2D eigenvalue weighted by Gasteiger charge is 2.13. The largest absolute Gasteiger partial charge is 0.490 e. The van der Waals surface area contributed by atoms with E-state index < -0.39 is 10.8 Å². The van der Waals surface area contributed by atoms with Crippen LogP contribution in [0.25, 0.3) is 0 Å².